The molecule has 4 rings (SSSR count). The second kappa shape index (κ2) is 11.8. The van der Waals surface area contributed by atoms with Crippen LogP contribution in [-0.2, 0) is 11.2 Å². The Morgan fingerprint density at radius 3 is 2.24 bits per heavy atom. The summed E-state index contributed by atoms with van der Waals surface area (Å²) in [4.78, 5) is 27.6. The van der Waals surface area contributed by atoms with Crippen LogP contribution in [0.2, 0.25) is 0 Å². The number of rotatable bonds is 9. The van der Waals surface area contributed by atoms with E-state index < -0.39 is 5.97 Å². The van der Waals surface area contributed by atoms with Crippen molar-refractivity contribution >= 4 is 11.9 Å². The number of methoxy groups -OCH3 is 3. The molecular formula is C30H33NO6. The predicted octanol–water partition coefficient (Wildman–Crippen LogP) is 5.09. The molecule has 3 aromatic rings. The molecule has 3 aromatic carbocycles. The van der Waals surface area contributed by atoms with Gasteiger partial charge in [0.2, 0.25) is 0 Å². The van der Waals surface area contributed by atoms with E-state index in [9.17, 15) is 9.59 Å². The number of esters is 1. The van der Waals surface area contributed by atoms with Gasteiger partial charge >= 0.3 is 5.97 Å². The molecule has 1 heterocycles. The fourth-order valence-corrected chi connectivity index (χ4v) is 4.84. The van der Waals surface area contributed by atoms with Crippen LogP contribution in [0.5, 0.6) is 17.2 Å². The summed E-state index contributed by atoms with van der Waals surface area (Å²) < 4.78 is 22.1. The molecule has 1 unspecified atom stereocenters. The number of likely N-dealkylation sites (tertiary alicyclic amines) is 1. The van der Waals surface area contributed by atoms with Crippen molar-refractivity contribution in [2.45, 2.75) is 38.3 Å². The zero-order valence-corrected chi connectivity index (χ0v) is 21.7. The third-order valence-corrected chi connectivity index (χ3v) is 6.80. The van der Waals surface area contributed by atoms with Gasteiger partial charge in [-0.05, 0) is 55.7 Å². The molecule has 0 radical (unpaired) electrons. The third-order valence-electron chi connectivity index (χ3n) is 6.80. The van der Waals surface area contributed by atoms with Crippen molar-refractivity contribution in [3.63, 3.8) is 0 Å². The highest BCUT2D eigenvalue weighted by atomic mass is 16.5. The fourth-order valence-electron chi connectivity index (χ4n) is 4.84. The van der Waals surface area contributed by atoms with Crippen molar-refractivity contribution < 1.29 is 28.5 Å². The van der Waals surface area contributed by atoms with Gasteiger partial charge in [0.15, 0.2) is 0 Å². The zero-order chi connectivity index (χ0) is 26.4. The Balaban J connectivity index is 1.57. The van der Waals surface area contributed by atoms with Crippen LogP contribution in [0.15, 0.2) is 66.7 Å². The summed E-state index contributed by atoms with van der Waals surface area (Å²) in [5, 5.41) is 0. The second-order valence-corrected chi connectivity index (χ2v) is 9.14. The van der Waals surface area contributed by atoms with Crippen LogP contribution in [0.1, 0.15) is 44.7 Å². The van der Waals surface area contributed by atoms with E-state index in [4.69, 9.17) is 18.9 Å². The molecule has 1 saturated heterocycles. The number of amides is 1. The molecule has 7 nitrogen and oxygen atoms in total. The summed E-state index contributed by atoms with van der Waals surface area (Å²) in [6, 6.07) is 20.7. The Kier molecular flexibility index (Phi) is 8.33. The fraction of sp³-hybridized carbons (Fsp3) is 0.333. The van der Waals surface area contributed by atoms with Crippen molar-refractivity contribution in [1.29, 1.82) is 0 Å². The van der Waals surface area contributed by atoms with Gasteiger partial charge in [0.05, 0.1) is 33.4 Å². The van der Waals surface area contributed by atoms with Crippen molar-refractivity contribution in [3.05, 3.63) is 89.0 Å². The van der Waals surface area contributed by atoms with Gasteiger partial charge in [-0.3, -0.25) is 4.79 Å². The van der Waals surface area contributed by atoms with Crippen LogP contribution in [0.3, 0.4) is 0 Å². The lowest BCUT2D eigenvalue weighted by atomic mass is 10.0. The molecular weight excluding hydrogens is 470 g/mol. The van der Waals surface area contributed by atoms with Gasteiger partial charge in [0.1, 0.15) is 23.4 Å². The highest BCUT2D eigenvalue weighted by Gasteiger charge is 2.37. The molecule has 1 aliphatic rings. The van der Waals surface area contributed by atoms with Gasteiger partial charge in [-0.15, -0.1) is 0 Å². The Labute approximate surface area is 217 Å². The van der Waals surface area contributed by atoms with E-state index in [1.54, 1.807) is 44.6 Å². The smallest absolute Gasteiger partial charge is 0.337 e. The highest BCUT2D eigenvalue weighted by molar-refractivity contribution is 5.96. The van der Waals surface area contributed by atoms with Crippen LogP contribution < -0.4 is 14.2 Å². The Morgan fingerprint density at radius 1 is 0.892 bits per heavy atom. The summed E-state index contributed by atoms with van der Waals surface area (Å²) in [6.07, 6.45) is 2.12. The first-order chi connectivity index (χ1) is 17.9. The summed E-state index contributed by atoms with van der Waals surface area (Å²) >= 11 is 0. The maximum absolute atomic E-state index is 13.8. The minimum absolute atomic E-state index is 0.0141. The van der Waals surface area contributed by atoms with Gasteiger partial charge in [-0.1, -0.05) is 36.4 Å². The average molecular weight is 504 g/mol. The molecule has 0 aromatic heterocycles. The normalized spacial score (nSPS) is 16.8. The number of hydrogen-bond donors (Lipinski definition) is 0. The third kappa shape index (κ3) is 6.05. The quantitative estimate of drug-likeness (QED) is 0.379. The minimum Gasteiger partial charge on any atom is -0.496 e. The average Bonchev–Trinajstić information content (AvgIpc) is 3.34. The predicted molar refractivity (Wildman–Crippen MR) is 141 cm³/mol. The number of hydrogen-bond acceptors (Lipinski definition) is 6. The number of carbonyl (C=O) groups is 2. The van der Waals surface area contributed by atoms with Gasteiger partial charge < -0.3 is 23.8 Å². The molecule has 37 heavy (non-hydrogen) atoms. The van der Waals surface area contributed by atoms with E-state index in [1.807, 2.05) is 36.1 Å². The van der Waals surface area contributed by atoms with E-state index in [1.165, 1.54) is 12.7 Å². The first-order valence-corrected chi connectivity index (χ1v) is 12.4. The first-order valence-electron chi connectivity index (χ1n) is 12.4. The van der Waals surface area contributed by atoms with Crippen molar-refractivity contribution in [1.82, 2.24) is 4.90 Å². The van der Waals surface area contributed by atoms with Crippen LogP contribution in [0.4, 0.5) is 0 Å². The number of carbonyl (C=O) groups excluding carboxylic acids is 2. The molecule has 0 bridgehead atoms. The Bertz CT molecular complexity index is 1220. The second-order valence-electron chi connectivity index (χ2n) is 9.14. The Hall–Kier alpha value is -4.00. The van der Waals surface area contributed by atoms with E-state index in [-0.39, 0.29) is 18.1 Å². The number of nitrogens with zero attached hydrogens (tertiary/aromatic N) is 1. The SMILES string of the molecule is COC(=O)c1cccc(O[C@H]2CC(CCc3ccccc3)N(C(=O)c3cc(OC)c(C)c(OC)c3)C2)c1. The van der Waals surface area contributed by atoms with Gasteiger partial charge in [-0.2, -0.15) is 0 Å². The monoisotopic (exact) mass is 503 g/mol. The molecule has 1 aliphatic heterocycles. The molecule has 0 saturated carbocycles. The molecule has 2 atom stereocenters. The molecule has 7 heteroatoms. The van der Waals surface area contributed by atoms with Gasteiger partial charge in [0, 0.05) is 23.6 Å². The van der Waals surface area contributed by atoms with E-state index in [2.05, 4.69) is 12.1 Å². The molecule has 1 fully saturated rings. The van der Waals surface area contributed by atoms with E-state index in [0.717, 1.165) is 18.4 Å². The Morgan fingerprint density at radius 2 is 1.59 bits per heavy atom. The summed E-state index contributed by atoms with van der Waals surface area (Å²) in [5.74, 6) is 1.27. The van der Waals surface area contributed by atoms with Crippen molar-refractivity contribution in [2.24, 2.45) is 0 Å². The summed E-state index contributed by atoms with van der Waals surface area (Å²) in [6.45, 7) is 2.33. The lowest BCUT2D eigenvalue weighted by molar-refractivity contribution is 0.0599. The zero-order valence-electron chi connectivity index (χ0n) is 21.7. The van der Waals surface area contributed by atoms with Crippen LogP contribution in [-0.4, -0.2) is 56.8 Å². The van der Waals surface area contributed by atoms with Crippen LogP contribution in [0.25, 0.3) is 0 Å². The maximum Gasteiger partial charge on any atom is 0.337 e. The van der Waals surface area contributed by atoms with Gasteiger partial charge in [0.25, 0.3) is 5.91 Å². The summed E-state index contributed by atoms with van der Waals surface area (Å²) in [5.41, 5.74) is 3.00. The molecule has 0 aliphatic carbocycles. The summed E-state index contributed by atoms with van der Waals surface area (Å²) in [7, 11) is 4.52. The highest BCUT2D eigenvalue weighted by Crippen LogP contribution is 2.33. The number of aryl methyl sites for hydroxylation is 1. The minimum atomic E-state index is -0.420. The topological polar surface area (TPSA) is 74.3 Å². The molecule has 194 valence electrons. The number of benzene rings is 3. The number of ether oxygens (including phenoxy) is 4. The van der Waals surface area contributed by atoms with E-state index >= 15 is 0 Å². The first kappa shape index (κ1) is 26.1. The van der Waals surface area contributed by atoms with Crippen molar-refractivity contribution in [2.75, 3.05) is 27.9 Å². The molecule has 0 N–H and O–H groups in total. The largest absolute Gasteiger partial charge is 0.496 e. The maximum atomic E-state index is 13.8. The van der Waals surface area contributed by atoms with E-state index in [0.29, 0.717) is 41.3 Å². The van der Waals surface area contributed by atoms with Crippen molar-refractivity contribution in [3.8, 4) is 17.2 Å². The van der Waals surface area contributed by atoms with Crippen LogP contribution >= 0.6 is 0 Å². The lowest BCUT2D eigenvalue weighted by Gasteiger charge is -2.25. The van der Waals surface area contributed by atoms with Crippen LogP contribution in [0, 0.1) is 6.92 Å². The lowest BCUT2D eigenvalue weighted by Crippen LogP contribution is -2.36. The standard InChI is InChI=1S/C30H33NO6/c1-20-27(34-2)16-23(17-28(20)35-3)29(32)31-19-26(18-24(31)14-13-21-9-6-5-7-10-21)37-25-12-8-11-22(15-25)30(33)36-4/h5-12,15-17,24,26H,13-14,18-19H2,1-4H3/t24?,26-/m0/s1. The molecule has 0 spiro atoms. The molecule has 1 amide bonds. The van der Waals surface area contributed by atoms with Gasteiger partial charge in [-0.25, -0.2) is 4.79 Å².